The predicted molar refractivity (Wildman–Crippen MR) is 118 cm³/mol. The molecule has 6 nitrogen and oxygen atoms in total. The molecule has 2 aromatic heterocycles. The zero-order valence-electron chi connectivity index (χ0n) is 17.7. The molecule has 0 aliphatic carbocycles. The van der Waals surface area contributed by atoms with Crippen LogP contribution in [0, 0.1) is 5.41 Å². The first-order valence-corrected chi connectivity index (χ1v) is 12.8. The summed E-state index contributed by atoms with van der Waals surface area (Å²) < 4.78 is 51.6. The standard InChI is InChI=1S/C22H26N2O4S2/c1-16(22(2,3)4)18-13-21(17-8-10-19(11-9-17)29(5,25)26)24(15-18)30(27,28)20-7-6-12-23-14-20/h6-16H,1-5H3. The third-order valence-corrected chi connectivity index (χ3v) is 8.16. The van der Waals surface area contributed by atoms with E-state index in [0.717, 1.165) is 11.8 Å². The summed E-state index contributed by atoms with van der Waals surface area (Å²) in [6.07, 6.45) is 5.63. The first kappa shape index (κ1) is 22.2. The van der Waals surface area contributed by atoms with E-state index in [1.807, 2.05) is 6.07 Å². The smallest absolute Gasteiger partial charge is 0.263 e. The van der Waals surface area contributed by atoms with Crippen molar-refractivity contribution < 1.29 is 16.8 Å². The quantitative estimate of drug-likeness (QED) is 0.582. The summed E-state index contributed by atoms with van der Waals surface area (Å²) in [4.78, 5) is 4.21. The highest BCUT2D eigenvalue weighted by molar-refractivity contribution is 7.90. The molecule has 0 radical (unpaired) electrons. The van der Waals surface area contributed by atoms with Crippen molar-refractivity contribution in [1.82, 2.24) is 8.96 Å². The molecule has 0 aliphatic heterocycles. The number of sulfone groups is 1. The van der Waals surface area contributed by atoms with Gasteiger partial charge < -0.3 is 0 Å². The lowest BCUT2D eigenvalue weighted by Gasteiger charge is -2.26. The molecule has 0 spiro atoms. The van der Waals surface area contributed by atoms with Crippen LogP contribution in [0.15, 0.2) is 70.8 Å². The van der Waals surface area contributed by atoms with Crippen molar-refractivity contribution in [3.8, 4) is 11.3 Å². The van der Waals surface area contributed by atoms with Crippen molar-refractivity contribution in [2.45, 2.75) is 43.4 Å². The summed E-state index contributed by atoms with van der Waals surface area (Å²) in [5, 5.41) is 0. The number of benzene rings is 1. The second-order valence-electron chi connectivity index (χ2n) is 8.53. The molecule has 1 unspecified atom stereocenters. The van der Waals surface area contributed by atoms with Gasteiger partial charge in [-0.15, -0.1) is 0 Å². The Bertz CT molecular complexity index is 1250. The lowest BCUT2D eigenvalue weighted by molar-refractivity contribution is 0.339. The van der Waals surface area contributed by atoms with Crippen LogP contribution in [0.3, 0.4) is 0 Å². The summed E-state index contributed by atoms with van der Waals surface area (Å²) in [6.45, 7) is 8.37. The molecule has 8 heteroatoms. The summed E-state index contributed by atoms with van der Waals surface area (Å²) >= 11 is 0. The van der Waals surface area contributed by atoms with Crippen LogP contribution in [0.4, 0.5) is 0 Å². The van der Waals surface area contributed by atoms with Crippen LogP contribution in [0.1, 0.15) is 39.2 Å². The Labute approximate surface area is 178 Å². The van der Waals surface area contributed by atoms with E-state index in [1.54, 1.807) is 24.4 Å². The lowest BCUT2D eigenvalue weighted by Crippen LogP contribution is -2.16. The number of hydrogen-bond donors (Lipinski definition) is 0. The van der Waals surface area contributed by atoms with Crippen LogP contribution in [-0.4, -0.2) is 32.0 Å². The van der Waals surface area contributed by atoms with Gasteiger partial charge in [-0.2, -0.15) is 0 Å². The summed E-state index contributed by atoms with van der Waals surface area (Å²) in [5.74, 6) is 0.0943. The van der Waals surface area contributed by atoms with Gasteiger partial charge in [-0.3, -0.25) is 4.98 Å². The average Bonchev–Trinajstić information content (AvgIpc) is 3.13. The first-order chi connectivity index (χ1) is 13.8. The average molecular weight is 447 g/mol. The monoisotopic (exact) mass is 446 g/mol. The van der Waals surface area contributed by atoms with Crippen LogP contribution in [-0.2, 0) is 19.9 Å². The molecule has 0 aliphatic rings. The molecule has 0 N–H and O–H groups in total. The van der Waals surface area contributed by atoms with Gasteiger partial charge in [-0.05, 0) is 52.8 Å². The van der Waals surface area contributed by atoms with Crippen molar-refractivity contribution in [2.75, 3.05) is 6.26 Å². The molecule has 160 valence electrons. The lowest BCUT2D eigenvalue weighted by atomic mass is 9.78. The molecule has 30 heavy (non-hydrogen) atoms. The van der Waals surface area contributed by atoms with Crippen LogP contribution in [0.5, 0.6) is 0 Å². The van der Waals surface area contributed by atoms with E-state index in [4.69, 9.17) is 0 Å². The van der Waals surface area contributed by atoms with E-state index in [0.29, 0.717) is 11.3 Å². The Hall–Kier alpha value is -2.45. The summed E-state index contributed by atoms with van der Waals surface area (Å²) in [7, 11) is -7.22. The topological polar surface area (TPSA) is 86.1 Å². The molecular formula is C22H26N2O4S2. The first-order valence-electron chi connectivity index (χ1n) is 9.50. The van der Waals surface area contributed by atoms with E-state index in [9.17, 15) is 16.8 Å². The maximum atomic E-state index is 13.4. The van der Waals surface area contributed by atoms with Crippen molar-refractivity contribution in [3.63, 3.8) is 0 Å². The van der Waals surface area contributed by atoms with Gasteiger partial charge in [0.1, 0.15) is 4.90 Å². The Morgan fingerprint density at radius 2 is 1.60 bits per heavy atom. The molecule has 0 amide bonds. The second-order valence-corrected chi connectivity index (χ2v) is 12.4. The molecule has 0 saturated carbocycles. The largest absolute Gasteiger partial charge is 0.269 e. The molecule has 0 saturated heterocycles. The molecule has 0 fully saturated rings. The van der Waals surface area contributed by atoms with E-state index >= 15 is 0 Å². The normalized spacial score (nSPS) is 13.9. The van der Waals surface area contributed by atoms with Gasteiger partial charge in [0.15, 0.2) is 9.84 Å². The van der Waals surface area contributed by atoms with Crippen molar-refractivity contribution in [1.29, 1.82) is 0 Å². The van der Waals surface area contributed by atoms with Gasteiger partial charge in [-0.1, -0.05) is 39.8 Å². The number of rotatable bonds is 5. The van der Waals surface area contributed by atoms with Gasteiger partial charge in [0.25, 0.3) is 10.0 Å². The SMILES string of the molecule is CC(c1cc(-c2ccc(S(C)(=O)=O)cc2)n(S(=O)(=O)c2cccnc2)c1)C(C)(C)C. The fraction of sp³-hybridized carbons (Fsp3) is 0.318. The Morgan fingerprint density at radius 1 is 0.967 bits per heavy atom. The van der Waals surface area contributed by atoms with E-state index < -0.39 is 19.9 Å². The van der Waals surface area contributed by atoms with E-state index in [2.05, 4.69) is 32.7 Å². The number of nitrogens with zero attached hydrogens (tertiary/aromatic N) is 2. The van der Waals surface area contributed by atoms with Crippen molar-refractivity contribution in [3.05, 3.63) is 66.6 Å². The minimum atomic E-state index is -3.88. The van der Waals surface area contributed by atoms with Crippen molar-refractivity contribution in [2.24, 2.45) is 5.41 Å². The Kier molecular flexibility index (Phi) is 5.68. The summed E-state index contributed by atoms with van der Waals surface area (Å²) in [5.41, 5.74) is 1.91. The summed E-state index contributed by atoms with van der Waals surface area (Å²) in [6, 6.07) is 11.2. The van der Waals surface area contributed by atoms with Gasteiger partial charge in [0.2, 0.25) is 0 Å². The van der Waals surface area contributed by atoms with Gasteiger partial charge in [0, 0.05) is 24.8 Å². The minimum absolute atomic E-state index is 0.0678. The van der Waals surface area contributed by atoms with Gasteiger partial charge >= 0.3 is 0 Å². The van der Waals surface area contributed by atoms with Crippen molar-refractivity contribution >= 4 is 19.9 Å². The highest BCUT2D eigenvalue weighted by Crippen LogP contribution is 2.38. The molecule has 3 aromatic rings. The Morgan fingerprint density at radius 3 is 2.10 bits per heavy atom. The maximum absolute atomic E-state index is 13.4. The number of hydrogen-bond acceptors (Lipinski definition) is 5. The predicted octanol–water partition coefficient (Wildman–Crippen LogP) is 4.34. The van der Waals surface area contributed by atoms with Gasteiger partial charge in [0.05, 0.1) is 10.6 Å². The van der Waals surface area contributed by atoms with Crippen LogP contribution in [0.2, 0.25) is 0 Å². The van der Waals surface area contributed by atoms with E-state index in [-0.39, 0.29) is 21.1 Å². The number of pyridine rings is 1. The molecule has 1 aromatic carbocycles. The molecular weight excluding hydrogens is 420 g/mol. The highest BCUT2D eigenvalue weighted by atomic mass is 32.2. The Balaban J connectivity index is 2.22. The fourth-order valence-electron chi connectivity index (χ4n) is 3.10. The molecule has 2 heterocycles. The zero-order chi connectivity index (χ0) is 22.3. The van der Waals surface area contributed by atoms with E-state index in [1.165, 1.54) is 34.6 Å². The van der Waals surface area contributed by atoms with Crippen LogP contribution < -0.4 is 0 Å². The fourth-order valence-corrected chi connectivity index (χ4v) is 5.08. The zero-order valence-corrected chi connectivity index (χ0v) is 19.3. The molecule has 3 rings (SSSR count). The second kappa shape index (κ2) is 7.67. The molecule has 1 atom stereocenters. The third-order valence-electron chi connectivity index (χ3n) is 5.38. The maximum Gasteiger partial charge on any atom is 0.269 e. The van der Waals surface area contributed by atoms with Crippen LogP contribution in [0.25, 0.3) is 11.3 Å². The van der Waals surface area contributed by atoms with Crippen LogP contribution >= 0.6 is 0 Å². The highest BCUT2D eigenvalue weighted by Gasteiger charge is 2.28. The van der Waals surface area contributed by atoms with Gasteiger partial charge in [-0.25, -0.2) is 20.8 Å². The third kappa shape index (κ3) is 4.34. The number of aromatic nitrogens is 2. The molecule has 0 bridgehead atoms. The minimum Gasteiger partial charge on any atom is -0.263 e.